The normalized spacial score (nSPS) is 35.2. The lowest BCUT2D eigenvalue weighted by Crippen LogP contribution is -2.39. The van der Waals surface area contributed by atoms with Gasteiger partial charge in [0, 0.05) is 21.2 Å². The molecule has 90 valence electrons. The average Bonchev–Trinajstić information content (AvgIpc) is 2.58. The summed E-state index contributed by atoms with van der Waals surface area (Å²) in [7, 11) is 0. The van der Waals surface area contributed by atoms with Crippen molar-refractivity contribution in [3.05, 3.63) is 20.8 Å². The van der Waals surface area contributed by atoms with Crippen LogP contribution >= 0.6 is 27.3 Å². The van der Waals surface area contributed by atoms with E-state index in [0.29, 0.717) is 5.92 Å². The first-order valence-electron chi connectivity index (χ1n) is 5.94. The molecule has 1 aromatic heterocycles. The predicted molar refractivity (Wildman–Crippen MR) is 72.9 cm³/mol. The van der Waals surface area contributed by atoms with Crippen molar-refractivity contribution in [2.24, 2.45) is 11.8 Å². The van der Waals surface area contributed by atoms with E-state index in [9.17, 15) is 5.11 Å². The van der Waals surface area contributed by atoms with Gasteiger partial charge in [-0.3, -0.25) is 0 Å². The van der Waals surface area contributed by atoms with Gasteiger partial charge in [-0.1, -0.05) is 13.8 Å². The minimum absolute atomic E-state index is 0.462. The summed E-state index contributed by atoms with van der Waals surface area (Å²) < 4.78 is 1.13. The van der Waals surface area contributed by atoms with E-state index in [0.717, 1.165) is 36.1 Å². The first-order chi connectivity index (χ1) is 7.48. The van der Waals surface area contributed by atoms with Gasteiger partial charge >= 0.3 is 0 Å². The maximum Gasteiger partial charge on any atom is 0.0698 e. The first-order valence-corrected chi connectivity index (χ1v) is 7.61. The molecule has 1 aliphatic rings. The zero-order chi connectivity index (χ0) is 11.8. The molecular formula is C13H19BrOS. The number of aliphatic hydroxyl groups is 1. The Balaban J connectivity index is 2.03. The summed E-state index contributed by atoms with van der Waals surface area (Å²) in [6, 6.07) is 2.13. The molecule has 0 radical (unpaired) electrons. The molecule has 1 nitrogen and oxygen atoms in total. The Labute approximate surface area is 110 Å². The minimum atomic E-state index is -0.462. The Morgan fingerprint density at radius 2 is 2.25 bits per heavy atom. The molecule has 1 saturated carbocycles. The number of rotatable bonds is 2. The van der Waals surface area contributed by atoms with Crippen molar-refractivity contribution in [1.82, 2.24) is 0 Å². The standard InChI is InChI=1S/C13H19BrOS/c1-9-3-4-13(15,6-10(9)2)7-12-5-11(14)8-16-12/h5,8-10,15H,3-4,6-7H2,1-2H3. The number of halogens is 1. The number of hydrogen-bond donors (Lipinski definition) is 1. The highest BCUT2D eigenvalue weighted by Gasteiger charge is 2.36. The summed E-state index contributed by atoms with van der Waals surface area (Å²) in [6.07, 6.45) is 3.88. The summed E-state index contributed by atoms with van der Waals surface area (Å²) in [5.74, 6) is 1.40. The van der Waals surface area contributed by atoms with Crippen LogP contribution in [0.2, 0.25) is 0 Å². The van der Waals surface area contributed by atoms with E-state index in [1.165, 1.54) is 4.88 Å². The van der Waals surface area contributed by atoms with Gasteiger partial charge in [0.25, 0.3) is 0 Å². The zero-order valence-corrected chi connectivity index (χ0v) is 12.3. The second kappa shape index (κ2) is 4.79. The second-order valence-electron chi connectivity index (χ2n) is 5.33. The molecule has 0 amide bonds. The highest BCUT2D eigenvalue weighted by molar-refractivity contribution is 9.10. The molecule has 2 rings (SSSR count). The van der Waals surface area contributed by atoms with E-state index < -0.39 is 5.60 Å². The Morgan fingerprint density at radius 3 is 2.81 bits per heavy atom. The van der Waals surface area contributed by atoms with Gasteiger partial charge in [0.15, 0.2) is 0 Å². The Kier molecular flexibility index (Phi) is 3.77. The second-order valence-corrected chi connectivity index (χ2v) is 7.24. The molecule has 1 N–H and O–H groups in total. The fourth-order valence-corrected chi connectivity index (χ4v) is 4.20. The van der Waals surface area contributed by atoms with Gasteiger partial charge in [-0.2, -0.15) is 0 Å². The van der Waals surface area contributed by atoms with E-state index in [2.05, 4.69) is 41.2 Å². The molecule has 1 fully saturated rings. The van der Waals surface area contributed by atoms with Crippen LogP contribution in [0.1, 0.15) is 38.0 Å². The van der Waals surface area contributed by atoms with Crippen molar-refractivity contribution in [1.29, 1.82) is 0 Å². The monoisotopic (exact) mass is 302 g/mol. The van der Waals surface area contributed by atoms with Gasteiger partial charge in [-0.15, -0.1) is 11.3 Å². The summed E-state index contributed by atoms with van der Waals surface area (Å²) in [5.41, 5.74) is -0.462. The highest BCUT2D eigenvalue weighted by atomic mass is 79.9. The van der Waals surface area contributed by atoms with Crippen LogP contribution in [-0.4, -0.2) is 10.7 Å². The fourth-order valence-electron chi connectivity index (χ4n) is 2.61. The molecule has 0 aromatic carbocycles. The molecular weight excluding hydrogens is 284 g/mol. The van der Waals surface area contributed by atoms with E-state index >= 15 is 0 Å². The van der Waals surface area contributed by atoms with Gasteiger partial charge < -0.3 is 5.11 Å². The topological polar surface area (TPSA) is 20.2 Å². The minimum Gasteiger partial charge on any atom is -0.390 e. The van der Waals surface area contributed by atoms with Crippen LogP contribution < -0.4 is 0 Å². The molecule has 0 saturated heterocycles. The Bertz CT molecular complexity index is 363. The van der Waals surface area contributed by atoms with Crippen molar-refractivity contribution in [2.45, 2.75) is 45.1 Å². The summed E-state index contributed by atoms with van der Waals surface area (Å²) >= 11 is 5.20. The van der Waals surface area contributed by atoms with Crippen LogP contribution in [0.25, 0.3) is 0 Å². The third-order valence-electron chi connectivity index (χ3n) is 3.86. The van der Waals surface area contributed by atoms with Crippen LogP contribution in [0.5, 0.6) is 0 Å². The third kappa shape index (κ3) is 2.88. The van der Waals surface area contributed by atoms with Crippen molar-refractivity contribution < 1.29 is 5.11 Å². The molecule has 1 heterocycles. The van der Waals surface area contributed by atoms with Crippen LogP contribution in [0.15, 0.2) is 15.9 Å². The molecule has 3 atom stereocenters. The van der Waals surface area contributed by atoms with E-state index in [-0.39, 0.29) is 0 Å². The number of thiophene rings is 1. The average molecular weight is 303 g/mol. The van der Waals surface area contributed by atoms with Crippen LogP contribution in [-0.2, 0) is 6.42 Å². The van der Waals surface area contributed by atoms with Gasteiger partial charge in [-0.05, 0) is 53.1 Å². The maximum atomic E-state index is 10.6. The smallest absolute Gasteiger partial charge is 0.0698 e. The lowest BCUT2D eigenvalue weighted by atomic mass is 9.72. The SMILES string of the molecule is CC1CCC(O)(Cc2cc(Br)cs2)CC1C. The Morgan fingerprint density at radius 1 is 1.50 bits per heavy atom. The third-order valence-corrected chi connectivity index (χ3v) is 5.56. The van der Waals surface area contributed by atoms with Crippen LogP contribution in [0.3, 0.4) is 0 Å². The van der Waals surface area contributed by atoms with E-state index in [1.54, 1.807) is 11.3 Å². The van der Waals surface area contributed by atoms with Crippen LogP contribution in [0.4, 0.5) is 0 Å². The van der Waals surface area contributed by atoms with Crippen molar-refractivity contribution in [3.63, 3.8) is 0 Å². The molecule has 1 aromatic rings. The molecule has 0 bridgehead atoms. The summed E-state index contributed by atoms with van der Waals surface area (Å²) in [5, 5.41) is 12.7. The highest BCUT2D eigenvalue weighted by Crippen LogP contribution is 2.39. The molecule has 0 aliphatic heterocycles. The fraction of sp³-hybridized carbons (Fsp3) is 0.692. The van der Waals surface area contributed by atoms with Gasteiger partial charge in [-0.25, -0.2) is 0 Å². The molecule has 3 unspecified atom stereocenters. The largest absolute Gasteiger partial charge is 0.390 e. The van der Waals surface area contributed by atoms with Crippen molar-refractivity contribution >= 4 is 27.3 Å². The van der Waals surface area contributed by atoms with Crippen LogP contribution in [0, 0.1) is 11.8 Å². The van der Waals surface area contributed by atoms with Gasteiger partial charge in [0.05, 0.1) is 5.60 Å². The lowest BCUT2D eigenvalue weighted by Gasteiger charge is -2.39. The quantitative estimate of drug-likeness (QED) is 0.866. The maximum absolute atomic E-state index is 10.6. The zero-order valence-electron chi connectivity index (χ0n) is 9.87. The van der Waals surface area contributed by atoms with Crippen molar-refractivity contribution in [2.75, 3.05) is 0 Å². The van der Waals surface area contributed by atoms with E-state index in [1.807, 2.05) is 0 Å². The molecule has 1 aliphatic carbocycles. The van der Waals surface area contributed by atoms with E-state index in [4.69, 9.17) is 0 Å². The van der Waals surface area contributed by atoms with Gasteiger partial charge in [0.1, 0.15) is 0 Å². The molecule has 0 spiro atoms. The predicted octanol–water partition coefficient (Wildman–Crippen LogP) is 4.24. The lowest BCUT2D eigenvalue weighted by molar-refractivity contribution is -0.0273. The van der Waals surface area contributed by atoms with Crippen molar-refractivity contribution in [3.8, 4) is 0 Å². The number of hydrogen-bond acceptors (Lipinski definition) is 2. The first kappa shape index (κ1) is 12.6. The Hall–Kier alpha value is 0.140. The van der Waals surface area contributed by atoms with Gasteiger partial charge in [0.2, 0.25) is 0 Å². The molecule has 16 heavy (non-hydrogen) atoms. The molecule has 3 heteroatoms. The summed E-state index contributed by atoms with van der Waals surface area (Å²) in [6.45, 7) is 4.56. The summed E-state index contributed by atoms with van der Waals surface area (Å²) in [4.78, 5) is 1.29.